The Balaban J connectivity index is 1.93. The van der Waals surface area contributed by atoms with Gasteiger partial charge in [0.1, 0.15) is 11.6 Å². The van der Waals surface area contributed by atoms with E-state index >= 15 is 0 Å². The summed E-state index contributed by atoms with van der Waals surface area (Å²) in [5.74, 6) is 0.607. The van der Waals surface area contributed by atoms with E-state index in [1.807, 2.05) is 0 Å². The summed E-state index contributed by atoms with van der Waals surface area (Å²) in [4.78, 5) is 12.5. The molecule has 3 nitrogen and oxygen atoms in total. The largest absolute Gasteiger partial charge is 0.370 e. The Morgan fingerprint density at radius 2 is 1.85 bits per heavy atom. The Morgan fingerprint density at radius 1 is 1.10 bits per heavy atom. The summed E-state index contributed by atoms with van der Waals surface area (Å²) in [7, 11) is 0. The van der Waals surface area contributed by atoms with Crippen molar-refractivity contribution in [1.82, 2.24) is 10.6 Å². The van der Waals surface area contributed by atoms with E-state index in [1.165, 1.54) is 6.07 Å². The van der Waals surface area contributed by atoms with Crippen LogP contribution in [0, 0.1) is 5.82 Å². The zero-order valence-corrected chi connectivity index (χ0v) is 11.2. The number of hydrogen-bond acceptors (Lipinski definition) is 3. The minimum atomic E-state index is -0.287. The number of ketones is 1. The number of benzene rings is 1. The highest BCUT2D eigenvalue weighted by atomic mass is 19.1. The number of nitrogens with one attached hydrogen (secondary N) is 2. The predicted octanol–water partition coefficient (Wildman–Crippen LogP) is 2.37. The topological polar surface area (TPSA) is 41.1 Å². The molecule has 1 saturated carbocycles. The third-order valence-electron chi connectivity index (χ3n) is 3.70. The van der Waals surface area contributed by atoms with Gasteiger partial charge in [0.15, 0.2) is 5.78 Å². The van der Waals surface area contributed by atoms with Gasteiger partial charge in [0.2, 0.25) is 0 Å². The van der Waals surface area contributed by atoms with Gasteiger partial charge in [-0.05, 0) is 31.4 Å². The van der Waals surface area contributed by atoms with Gasteiger partial charge in [-0.15, -0.1) is 0 Å². The van der Waals surface area contributed by atoms with Crippen molar-refractivity contribution in [2.45, 2.75) is 19.3 Å². The van der Waals surface area contributed by atoms with Gasteiger partial charge in [0.05, 0.1) is 0 Å². The van der Waals surface area contributed by atoms with E-state index in [-0.39, 0.29) is 11.6 Å². The first-order valence-electron chi connectivity index (χ1n) is 6.96. The lowest BCUT2D eigenvalue weighted by molar-refractivity contribution is -0.113. The molecule has 1 aliphatic heterocycles. The highest BCUT2D eigenvalue weighted by Crippen LogP contribution is 2.28. The van der Waals surface area contributed by atoms with Crippen molar-refractivity contribution in [3.05, 3.63) is 52.6 Å². The first kappa shape index (κ1) is 12.9. The molecule has 1 heterocycles. The van der Waals surface area contributed by atoms with Gasteiger partial charge in [-0.2, -0.15) is 0 Å². The molecule has 0 unspecified atom stereocenters. The lowest BCUT2D eigenvalue weighted by Gasteiger charge is -2.18. The molecule has 0 atom stereocenters. The molecule has 2 aliphatic rings. The molecule has 2 fully saturated rings. The van der Waals surface area contributed by atoms with Gasteiger partial charge in [0.25, 0.3) is 0 Å². The van der Waals surface area contributed by atoms with Gasteiger partial charge in [-0.1, -0.05) is 18.2 Å². The summed E-state index contributed by atoms with van der Waals surface area (Å²) in [5, 5.41) is 6.40. The Hall–Kier alpha value is -2.10. The fourth-order valence-electron chi connectivity index (χ4n) is 2.68. The van der Waals surface area contributed by atoms with Crippen LogP contribution in [0.5, 0.6) is 0 Å². The van der Waals surface area contributed by atoms with Crippen LogP contribution >= 0.6 is 0 Å². The zero-order chi connectivity index (χ0) is 13.9. The van der Waals surface area contributed by atoms with Crippen molar-refractivity contribution in [2.24, 2.45) is 0 Å². The van der Waals surface area contributed by atoms with Crippen molar-refractivity contribution in [2.75, 3.05) is 13.1 Å². The first-order valence-corrected chi connectivity index (χ1v) is 6.96. The molecule has 1 aliphatic carbocycles. The second kappa shape index (κ2) is 5.49. The third kappa shape index (κ3) is 2.46. The summed E-state index contributed by atoms with van der Waals surface area (Å²) >= 11 is 0. The maximum atomic E-state index is 13.7. The van der Waals surface area contributed by atoms with Crippen LogP contribution in [0.25, 0.3) is 6.08 Å². The van der Waals surface area contributed by atoms with E-state index in [0.717, 1.165) is 37.3 Å². The van der Waals surface area contributed by atoms with Crippen LogP contribution in [0.15, 0.2) is 41.2 Å². The maximum Gasteiger partial charge on any atom is 0.188 e. The van der Waals surface area contributed by atoms with Crippen LogP contribution in [0.4, 0.5) is 4.39 Å². The van der Waals surface area contributed by atoms with E-state index in [1.54, 1.807) is 24.3 Å². The molecule has 104 valence electrons. The lowest BCUT2D eigenvalue weighted by Crippen LogP contribution is -2.22. The number of Topliss-reactive ketones (excluding diaryl/α,β-unsaturated/α-hetero) is 1. The van der Waals surface area contributed by atoms with Crippen LogP contribution in [0.3, 0.4) is 0 Å². The smallest absolute Gasteiger partial charge is 0.188 e. The SMILES string of the molecule is O=C1C(=C2NCCN2)CCC/C1=C\c1ccccc1F. The molecule has 3 rings (SSSR count). The normalized spacial score (nSPS) is 21.1. The van der Waals surface area contributed by atoms with Crippen molar-refractivity contribution >= 4 is 11.9 Å². The van der Waals surface area contributed by atoms with Crippen LogP contribution < -0.4 is 10.6 Å². The molecule has 1 aromatic carbocycles. The van der Waals surface area contributed by atoms with Gasteiger partial charge in [0, 0.05) is 29.8 Å². The van der Waals surface area contributed by atoms with E-state index < -0.39 is 0 Å². The van der Waals surface area contributed by atoms with E-state index in [4.69, 9.17) is 0 Å². The monoisotopic (exact) mass is 272 g/mol. The number of hydrogen-bond donors (Lipinski definition) is 2. The third-order valence-corrected chi connectivity index (χ3v) is 3.70. The summed E-state index contributed by atoms with van der Waals surface area (Å²) < 4.78 is 13.7. The van der Waals surface area contributed by atoms with Gasteiger partial charge < -0.3 is 10.6 Å². The van der Waals surface area contributed by atoms with Gasteiger partial charge in [-0.25, -0.2) is 4.39 Å². The second-order valence-electron chi connectivity index (χ2n) is 5.08. The van der Waals surface area contributed by atoms with E-state index in [9.17, 15) is 9.18 Å². The summed E-state index contributed by atoms with van der Waals surface area (Å²) in [6.45, 7) is 1.69. The highest BCUT2D eigenvalue weighted by molar-refractivity contribution is 6.12. The van der Waals surface area contributed by atoms with E-state index in [2.05, 4.69) is 10.6 Å². The molecule has 1 aromatic rings. The molecule has 1 saturated heterocycles. The highest BCUT2D eigenvalue weighted by Gasteiger charge is 2.25. The molecule has 4 heteroatoms. The lowest BCUT2D eigenvalue weighted by atomic mass is 9.87. The second-order valence-corrected chi connectivity index (χ2v) is 5.08. The predicted molar refractivity (Wildman–Crippen MR) is 76.3 cm³/mol. The fraction of sp³-hybridized carbons (Fsp3) is 0.312. The number of allylic oxidation sites excluding steroid dienone is 2. The van der Waals surface area contributed by atoms with Crippen LogP contribution in [0.1, 0.15) is 24.8 Å². The molecule has 0 spiro atoms. The average Bonchev–Trinajstić information content (AvgIpc) is 2.97. The summed E-state index contributed by atoms with van der Waals surface area (Å²) in [5.41, 5.74) is 1.98. The summed E-state index contributed by atoms with van der Waals surface area (Å²) in [6, 6.07) is 6.55. The van der Waals surface area contributed by atoms with Gasteiger partial charge >= 0.3 is 0 Å². The molecular formula is C16H17FN2O. The quantitative estimate of drug-likeness (QED) is 0.771. The van der Waals surface area contributed by atoms with Crippen molar-refractivity contribution < 1.29 is 9.18 Å². The number of rotatable bonds is 1. The van der Waals surface area contributed by atoms with Gasteiger partial charge in [-0.3, -0.25) is 4.79 Å². The van der Waals surface area contributed by atoms with Crippen molar-refractivity contribution in [3.63, 3.8) is 0 Å². The minimum absolute atomic E-state index is 0.0383. The van der Waals surface area contributed by atoms with Crippen LogP contribution in [-0.4, -0.2) is 18.9 Å². The first-order chi connectivity index (χ1) is 9.75. The summed E-state index contributed by atoms with van der Waals surface area (Å²) in [6.07, 6.45) is 4.10. The molecule has 2 N–H and O–H groups in total. The Bertz CT molecular complexity index is 596. The molecule has 0 aromatic heterocycles. The molecule has 0 radical (unpaired) electrons. The van der Waals surface area contributed by atoms with Crippen molar-refractivity contribution in [3.8, 4) is 0 Å². The molecule has 20 heavy (non-hydrogen) atoms. The molecule has 0 bridgehead atoms. The average molecular weight is 272 g/mol. The Labute approximate surface area is 117 Å². The zero-order valence-electron chi connectivity index (χ0n) is 11.2. The number of carbonyl (C=O) groups excluding carboxylic acids is 1. The Kier molecular flexibility index (Phi) is 3.54. The van der Waals surface area contributed by atoms with Crippen LogP contribution in [-0.2, 0) is 4.79 Å². The number of carbonyl (C=O) groups is 1. The number of halogens is 1. The van der Waals surface area contributed by atoms with Crippen LogP contribution in [0.2, 0.25) is 0 Å². The maximum absolute atomic E-state index is 13.7. The standard InChI is InChI=1S/C16H17FN2O/c17-14-7-2-1-4-11(14)10-12-5-3-6-13(15(12)20)16-18-8-9-19-16/h1-2,4,7,10,18-19H,3,5-6,8-9H2/b12-10+. The minimum Gasteiger partial charge on any atom is -0.370 e. The van der Waals surface area contributed by atoms with Crippen molar-refractivity contribution in [1.29, 1.82) is 0 Å². The van der Waals surface area contributed by atoms with E-state index in [0.29, 0.717) is 17.6 Å². The fourth-order valence-corrected chi connectivity index (χ4v) is 2.68. The Morgan fingerprint density at radius 3 is 2.60 bits per heavy atom. The molecule has 0 amide bonds. The molecular weight excluding hydrogens is 255 g/mol.